The van der Waals surface area contributed by atoms with Crippen LogP contribution in [0.25, 0.3) is 16.3 Å². The van der Waals surface area contributed by atoms with Crippen LogP contribution < -0.4 is 21.3 Å². The summed E-state index contributed by atoms with van der Waals surface area (Å²) in [6, 6.07) is 14.6. The highest BCUT2D eigenvalue weighted by Crippen LogP contribution is 2.40. The lowest BCUT2D eigenvalue weighted by Gasteiger charge is -2.35. The van der Waals surface area contributed by atoms with E-state index in [1.54, 1.807) is 23.2 Å². The fourth-order valence-electron chi connectivity index (χ4n) is 9.27. The molecule has 1 saturated carbocycles. The van der Waals surface area contributed by atoms with E-state index in [0.717, 1.165) is 82.4 Å². The van der Waals surface area contributed by atoms with Gasteiger partial charge in [0.15, 0.2) is 5.82 Å². The van der Waals surface area contributed by atoms with Gasteiger partial charge in [-0.2, -0.15) is 0 Å². The topological polar surface area (TPSA) is 207 Å². The number of nitrogens with zero attached hydrogens (tertiary/aromatic N) is 7. The zero-order valence-electron chi connectivity index (χ0n) is 39.5. The van der Waals surface area contributed by atoms with Gasteiger partial charge in [-0.25, -0.2) is 0 Å². The molecule has 0 radical (unpaired) electrons. The molecule has 8 rings (SSSR count). The third-order valence-corrected chi connectivity index (χ3v) is 15.1. The molecule has 4 N–H and O–H groups in total. The molecule has 4 atom stereocenters. The third-order valence-electron chi connectivity index (χ3n) is 13.1. The Morgan fingerprint density at radius 3 is 2.35 bits per heavy atom. The van der Waals surface area contributed by atoms with E-state index in [-0.39, 0.29) is 36.0 Å². The number of amides is 4. The Balaban J connectivity index is 0.759. The molecular formula is C49H60ClN11O6S2. The van der Waals surface area contributed by atoms with Gasteiger partial charge in [0, 0.05) is 57.8 Å². The molecule has 69 heavy (non-hydrogen) atoms. The fraction of sp³-hybridized carbons (Fsp3) is 0.490. The summed E-state index contributed by atoms with van der Waals surface area (Å²) in [5, 5.41) is 27.5. The quantitative estimate of drug-likeness (QED) is 0.0617. The van der Waals surface area contributed by atoms with Crippen LogP contribution in [0.3, 0.4) is 0 Å². The first-order valence-electron chi connectivity index (χ1n) is 23.8. The van der Waals surface area contributed by atoms with Gasteiger partial charge in [0.2, 0.25) is 23.6 Å². The number of thiophene rings is 1. The smallest absolute Gasteiger partial charge is 0.247 e. The number of aliphatic imine (C=N–C) groups is 1. The number of hydrogen-bond acceptors (Lipinski definition) is 14. The Bertz CT molecular complexity index is 2610. The molecule has 1 saturated heterocycles. The Labute approximate surface area is 415 Å². The third kappa shape index (κ3) is 12.0. The van der Waals surface area contributed by atoms with Gasteiger partial charge in [-0.3, -0.25) is 28.7 Å². The summed E-state index contributed by atoms with van der Waals surface area (Å²) in [5.74, 6) is 0.369. The van der Waals surface area contributed by atoms with Crippen LogP contribution in [0.15, 0.2) is 59.6 Å². The summed E-state index contributed by atoms with van der Waals surface area (Å²) < 4.78 is 17.6. The summed E-state index contributed by atoms with van der Waals surface area (Å²) >= 11 is 9.01. The van der Waals surface area contributed by atoms with Gasteiger partial charge in [-0.05, 0) is 77.0 Å². The number of likely N-dealkylation sites (tertiary alicyclic amines) is 1. The van der Waals surface area contributed by atoms with Crippen LogP contribution >= 0.6 is 34.5 Å². The Morgan fingerprint density at radius 2 is 1.59 bits per heavy atom. The second-order valence-electron chi connectivity index (χ2n) is 17.7. The van der Waals surface area contributed by atoms with Crippen LogP contribution in [-0.2, 0) is 28.7 Å². The predicted molar refractivity (Wildman–Crippen MR) is 267 cm³/mol. The van der Waals surface area contributed by atoms with E-state index >= 15 is 0 Å². The van der Waals surface area contributed by atoms with Gasteiger partial charge in [-0.15, -0.1) is 26.6 Å². The Morgan fingerprint density at radius 1 is 0.855 bits per heavy atom. The van der Waals surface area contributed by atoms with Crippen molar-refractivity contribution in [2.45, 2.75) is 103 Å². The highest BCUT2D eigenvalue weighted by Gasteiger charge is 2.41. The zero-order chi connectivity index (χ0) is 48.4. The van der Waals surface area contributed by atoms with Gasteiger partial charge < -0.3 is 35.6 Å². The number of carbonyl (C=O) groups is 4. The number of fused-ring (bicyclic) bond motifs is 3. The van der Waals surface area contributed by atoms with Gasteiger partial charge in [0.05, 0.1) is 44.6 Å². The number of rotatable bonds is 20. The second-order valence-corrected chi connectivity index (χ2v) is 20.1. The molecule has 5 aromatic rings. The summed E-state index contributed by atoms with van der Waals surface area (Å²) in [4.78, 5) is 63.0. The minimum atomic E-state index is -0.730. The molecule has 0 spiro atoms. The number of hydrogen-bond donors (Lipinski definition) is 4. The number of nitrogens with one attached hydrogen (secondary N) is 4. The maximum absolute atomic E-state index is 14.3. The van der Waals surface area contributed by atoms with Crippen LogP contribution in [-0.4, -0.2) is 123 Å². The minimum Gasteiger partial charge on any atom is -0.378 e. The van der Waals surface area contributed by atoms with Crippen molar-refractivity contribution in [1.82, 2.24) is 45.2 Å². The molecule has 0 unspecified atom stereocenters. The molecule has 17 nitrogen and oxygen atoms in total. The summed E-state index contributed by atoms with van der Waals surface area (Å²) in [6.45, 7) is 10.3. The van der Waals surface area contributed by atoms with E-state index in [1.807, 2.05) is 66.1 Å². The standard InChI is InChI=1S/C49H60ClN11O6S2/c1-29-31(3)68-49-40(29)41(35-17-19-36(50)20-18-35)53-37(44-58-56-32(4)61(44)49)28-39(62)52-22-25-67-27-26-66-24-21-51-30(2)45(63)54-43(34-14-9-6-10-15-34)48(65)60-23-11-16-38(60)46(64)55-47-42(57-59-69-47)33-12-7-5-8-13-33/h5,7-8,12-13,17-20,30,34,37-38,43,51H,6,9-11,14-16,21-28H2,1-4H3,(H,52,62)(H,54,63)(H,55,64)/t30-,37-,38-,43-/m0/s1. The van der Waals surface area contributed by atoms with Crippen LogP contribution in [0.4, 0.5) is 5.00 Å². The largest absolute Gasteiger partial charge is 0.378 e. The van der Waals surface area contributed by atoms with Gasteiger partial charge in [0.25, 0.3) is 0 Å². The van der Waals surface area contributed by atoms with E-state index < -0.39 is 24.2 Å². The SMILES string of the molecule is Cc1sc2c(c1C)C(c1ccc(Cl)cc1)=N[C@@H](CC(=O)NCCOCCOCCN[C@@H](C)C(=O)N[C@H](C(=O)N1CCC[C@H]1C(=O)Nc1snnc1-c1ccccc1)C1CCCCC1)c1nnc(C)n1-2. The Kier molecular flexibility index (Phi) is 17.0. The van der Waals surface area contributed by atoms with Crippen molar-refractivity contribution in [2.24, 2.45) is 10.9 Å². The molecule has 1 aliphatic carbocycles. The van der Waals surface area contributed by atoms with E-state index in [2.05, 4.69) is 54.9 Å². The molecule has 2 aromatic carbocycles. The van der Waals surface area contributed by atoms with Crippen LogP contribution in [0.2, 0.25) is 5.02 Å². The van der Waals surface area contributed by atoms with E-state index in [9.17, 15) is 19.2 Å². The first-order valence-corrected chi connectivity index (χ1v) is 25.8. The maximum Gasteiger partial charge on any atom is 0.247 e. The summed E-state index contributed by atoms with van der Waals surface area (Å²) in [7, 11) is 0. The minimum absolute atomic E-state index is 0.0142. The normalized spacial score (nSPS) is 17.9. The number of anilines is 1. The van der Waals surface area contributed by atoms with Gasteiger partial charge in [0.1, 0.15) is 39.6 Å². The van der Waals surface area contributed by atoms with Crippen molar-refractivity contribution in [1.29, 1.82) is 0 Å². The molecule has 20 heteroatoms. The predicted octanol–water partition coefficient (Wildman–Crippen LogP) is 6.53. The average molecular weight is 999 g/mol. The van der Waals surface area contributed by atoms with E-state index in [4.69, 9.17) is 26.1 Å². The number of aromatic nitrogens is 5. The van der Waals surface area contributed by atoms with Gasteiger partial charge >= 0.3 is 0 Å². The number of ether oxygens (including phenoxy) is 2. The maximum atomic E-state index is 14.3. The average Bonchev–Trinajstić information content (AvgIpc) is 4.16. The highest BCUT2D eigenvalue weighted by molar-refractivity contribution is 7.15. The molecule has 0 bridgehead atoms. The molecule has 2 aliphatic heterocycles. The molecule has 2 fully saturated rings. The highest BCUT2D eigenvalue weighted by atomic mass is 35.5. The monoisotopic (exact) mass is 997 g/mol. The van der Waals surface area contributed by atoms with Crippen molar-refractivity contribution in [3.8, 4) is 16.3 Å². The van der Waals surface area contributed by atoms with Crippen molar-refractivity contribution in [3.05, 3.63) is 92.8 Å². The molecule has 3 aromatic heterocycles. The lowest BCUT2D eigenvalue weighted by Crippen LogP contribution is -2.58. The lowest BCUT2D eigenvalue weighted by atomic mass is 9.83. The van der Waals surface area contributed by atoms with Crippen LogP contribution in [0.1, 0.15) is 97.5 Å². The molecule has 366 valence electrons. The van der Waals surface area contributed by atoms with Crippen molar-refractivity contribution in [3.63, 3.8) is 0 Å². The number of halogens is 1. The summed E-state index contributed by atoms with van der Waals surface area (Å²) in [6.07, 6.45) is 6.04. The number of benzene rings is 2. The fourth-order valence-corrected chi connectivity index (χ4v) is 11.2. The summed E-state index contributed by atoms with van der Waals surface area (Å²) in [5.41, 5.74) is 5.25. The van der Waals surface area contributed by atoms with Crippen LogP contribution in [0.5, 0.6) is 0 Å². The van der Waals surface area contributed by atoms with Crippen molar-refractivity contribution < 1.29 is 28.7 Å². The lowest BCUT2D eigenvalue weighted by molar-refractivity contribution is -0.142. The molecule has 3 aliphatic rings. The molecular weight excluding hydrogens is 938 g/mol. The number of aryl methyl sites for hydroxylation is 2. The number of carbonyl (C=O) groups excluding carboxylic acids is 4. The first kappa shape index (κ1) is 50.0. The van der Waals surface area contributed by atoms with Crippen molar-refractivity contribution >= 4 is 68.8 Å². The van der Waals surface area contributed by atoms with Crippen LogP contribution in [0, 0.1) is 26.7 Å². The Hall–Kier alpha value is -5.44. The van der Waals surface area contributed by atoms with Crippen molar-refractivity contribution in [2.75, 3.05) is 51.4 Å². The van der Waals surface area contributed by atoms with E-state index in [0.29, 0.717) is 80.4 Å². The first-order chi connectivity index (χ1) is 33.5. The van der Waals surface area contributed by atoms with E-state index in [1.165, 1.54) is 4.88 Å². The molecule has 4 amide bonds. The van der Waals surface area contributed by atoms with Gasteiger partial charge in [-0.1, -0.05) is 77.8 Å². The zero-order valence-corrected chi connectivity index (χ0v) is 41.9. The molecule has 5 heterocycles. The second kappa shape index (κ2) is 23.4.